The summed E-state index contributed by atoms with van der Waals surface area (Å²) >= 11 is 0. The van der Waals surface area contributed by atoms with Crippen molar-refractivity contribution >= 4 is 41.9 Å². The summed E-state index contributed by atoms with van der Waals surface area (Å²) in [5.41, 5.74) is 10.8. The van der Waals surface area contributed by atoms with E-state index in [4.69, 9.17) is 10.5 Å². The number of rotatable bonds is 13. The number of carbonyl (C=O) groups is 3. The minimum absolute atomic E-state index is 0.0450. The summed E-state index contributed by atoms with van der Waals surface area (Å²) in [5.74, 6) is 0.706. The summed E-state index contributed by atoms with van der Waals surface area (Å²) in [6.45, 7) is 7.93. The highest BCUT2D eigenvalue weighted by Crippen LogP contribution is 2.39. The van der Waals surface area contributed by atoms with E-state index in [0.29, 0.717) is 59.2 Å². The van der Waals surface area contributed by atoms with E-state index in [1.54, 1.807) is 26.4 Å². The fourth-order valence-corrected chi connectivity index (χ4v) is 4.63. The van der Waals surface area contributed by atoms with E-state index in [1.807, 2.05) is 42.2 Å². The molecule has 10 nitrogen and oxygen atoms in total. The number of amidine groups is 1. The first-order chi connectivity index (χ1) is 19.7. The van der Waals surface area contributed by atoms with Crippen LogP contribution in [0.5, 0.6) is 5.75 Å². The molecule has 2 aromatic carbocycles. The first-order valence-corrected chi connectivity index (χ1v) is 13.9. The van der Waals surface area contributed by atoms with Gasteiger partial charge in [0.15, 0.2) is 6.29 Å². The summed E-state index contributed by atoms with van der Waals surface area (Å²) in [7, 11) is 3.26. The third-order valence-electron chi connectivity index (χ3n) is 6.53. The van der Waals surface area contributed by atoms with Gasteiger partial charge in [0.25, 0.3) is 0 Å². The van der Waals surface area contributed by atoms with Crippen molar-refractivity contribution in [3.05, 3.63) is 52.6 Å². The molecule has 0 radical (unpaired) electrons. The lowest BCUT2D eigenvalue weighted by atomic mass is 9.97. The van der Waals surface area contributed by atoms with Gasteiger partial charge in [0.2, 0.25) is 11.8 Å². The number of nitrogens with one attached hydrogen (secondary N) is 1. The van der Waals surface area contributed by atoms with E-state index < -0.39 is 0 Å². The molecule has 0 saturated carbocycles. The van der Waals surface area contributed by atoms with Gasteiger partial charge in [0, 0.05) is 55.4 Å². The van der Waals surface area contributed by atoms with E-state index in [1.165, 1.54) is 5.01 Å². The molecular weight excluding hydrogens is 520 g/mol. The van der Waals surface area contributed by atoms with E-state index in [0.717, 1.165) is 30.3 Å². The number of benzene rings is 2. The van der Waals surface area contributed by atoms with Gasteiger partial charge in [0.05, 0.1) is 19.0 Å². The number of aldehydes is 1. The van der Waals surface area contributed by atoms with Gasteiger partial charge in [-0.3, -0.25) is 19.4 Å². The molecule has 2 aromatic rings. The number of carbonyl (C=O) groups excluding carboxylic acids is 3. The standard InChI is InChI=1S/C31H40N6O4/c1-6-11-37(12-7-2)31(40)24-14-26-27(35-29(32)17-24)15-23(16-28(26)41-5)21-9-10-22(20-38)25(13-21)18-34-36(4)19-30(39)33-8-3/h9-10,13-16,18,20H,6-8,11-12,17,19H2,1-5H3,(H2,32,35)(H,33,39)/b34-18-. The van der Waals surface area contributed by atoms with Crippen LogP contribution in [0.1, 0.15) is 61.5 Å². The molecular formula is C31H40N6O4. The molecule has 1 aliphatic rings. The summed E-state index contributed by atoms with van der Waals surface area (Å²) in [4.78, 5) is 43.5. The molecule has 3 N–H and O–H groups in total. The van der Waals surface area contributed by atoms with Crippen molar-refractivity contribution < 1.29 is 19.1 Å². The second-order valence-corrected chi connectivity index (χ2v) is 9.83. The first-order valence-electron chi connectivity index (χ1n) is 13.9. The Labute approximate surface area is 241 Å². The zero-order valence-electron chi connectivity index (χ0n) is 24.6. The van der Waals surface area contributed by atoms with Crippen molar-refractivity contribution in [1.82, 2.24) is 15.2 Å². The number of likely N-dealkylation sites (N-methyl/N-ethyl adjacent to an activating group) is 2. The number of aliphatic imine (C=N–C) groups is 1. The number of nitrogens with two attached hydrogens (primary N) is 1. The van der Waals surface area contributed by atoms with Crippen molar-refractivity contribution in [1.29, 1.82) is 0 Å². The van der Waals surface area contributed by atoms with Crippen LogP contribution in [0.15, 0.2) is 46.0 Å². The molecule has 0 spiro atoms. The molecule has 3 rings (SSSR count). The number of fused-ring (bicyclic) bond motifs is 1. The van der Waals surface area contributed by atoms with Gasteiger partial charge in [-0.15, -0.1) is 0 Å². The average Bonchev–Trinajstić information content (AvgIpc) is 3.12. The highest BCUT2D eigenvalue weighted by atomic mass is 16.5. The maximum atomic E-state index is 13.4. The maximum Gasteiger partial charge on any atom is 0.250 e. The van der Waals surface area contributed by atoms with Crippen LogP contribution in [0, 0.1) is 0 Å². The Hall–Kier alpha value is -4.47. The average molecular weight is 561 g/mol. The smallest absolute Gasteiger partial charge is 0.250 e. The van der Waals surface area contributed by atoms with Gasteiger partial charge in [-0.1, -0.05) is 26.0 Å². The number of hydrazone groups is 1. The Balaban J connectivity index is 2.02. The summed E-state index contributed by atoms with van der Waals surface area (Å²) in [5, 5.41) is 8.57. The third kappa shape index (κ3) is 8.03. The normalized spacial score (nSPS) is 12.6. The Kier molecular flexibility index (Phi) is 11.2. The van der Waals surface area contributed by atoms with E-state index in [9.17, 15) is 14.4 Å². The van der Waals surface area contributed by atoms with Gasteiger partial charge in [-0.05, 0) is 55.2 Å². The highest BCUT2D eigenvalue weighted by Gasteiger charge is 2.23. The van der Waals surface area contributed by atoms with Crippen LogP contribution in [0.4, 0.5) is 5.69 Å². The fraction of sp³-hybridized carbons (Fsp3) is 0.387. The molecule has 10 heteroatoms. The largest absolute Gasteiger partial charge is 0.496 e. The van der Waals surface area contributed by atoms with Crippen molar-refractivity contribution in [3.63, 3.8) is 0 Å². The second-order valence-electron chi connectivity index (χ2n) is 9.83. The number of nitrogens with zero attached hydrogens (tertiary/aromatic N) is 4. The predicted octanol–water partition coefficient (Wildman–Crippen LogP) is 4.00. The number of ether oxygens (including phenoxy) is 1. The van der Waals surface area contributed by atoms with Gasteiger partial charge in [0.1, 0.15) is 18.1 Å². The van der Waals surface area contributed by atoms with E-state index in [2.05, 4.69) is 29.3 Å². The lowest BCUT2D eigenvalue weighted by molar-refractivity contribution is -0.127. The Morgan fingerprint density at radius 1 is 1.10 bits per heavy atom. The van der Waals surface area contributed by atoms with Crippen molar-refractivity contribution in [2.45, 2.75) is 40.0 Å². The van der Waals surface area contributed by atoms with E-state index in [-0.39, 0.29) is 24.8 Å². The minimum Gasteiger partial charge on any atom is -0.496 e. The molecule has 1 heterocycles. The van der Waals surface area contributed by atoms with Gasteiger partial charge >= 0.3 is 0 Å². The van der Waals surface area contributed by atoms with Crippen LogP contribution in [0.25, 0.3) is 17.2 Å². The minimum atomic E-state index is -0.143. The molecule has 0 saturated heterocycles. The molecule has 1 aliphatic heterocycles. The summed E-state index contributed by atoms with van der Waals surface area (Å²) in [6, 6.07) is 9.17. The van der Waals surface area contributed by atoms with Gasteiger partial charge < -0.3 is 20.7 Å². The molecule has 0 bridgehead atoms. The Morgan fingerprint density at radius 2 is 1.83 bits per heavy atom. The maximum absolute atomic E-state index is 13.4. The van der Waals surface area contributed by atoms with Crippen LogP contribution in [0.2, 0.25) is 0 Å². The monoisotopic (exact) mass is 560 g/mol. The second kappa shape index (κ2) is 14.8. The molecule has 0 unspecified atom stereocenters. The molecule has 41 heavy (non-hydrogen) atoms. The molecule has 0 atom stereocenters. The lowest BCUT2D eigenvalue weighted by Crippen LogP contribution is -2.34. The topological polar surface area (TPSA) is 130 Å². The predicted molar refractivity (Wildman–Crippen MR) is 164 cm³/mol. The van der Waals surface area contributed by atoms with Gasteiger partial charge in [-0.2, -0.15) is 5.10 Å². The lowest BCUT2D eigenvalue weighted by Gasteiger charge is -2.22. The van der Waals surface area contributed by atoms with Crippen LogP contribution < -0.4 is 15.8 Å². The van der Waals surface area contributed by atoms with Crippen molar-refractivity contribution in [3.8, 4) is 16.9 Å². The van der Waals surface area contributed by atoms with Crippen LogP contribution in [0.3, 0.4) is 0 Å². The third-order valence-corrected chi connectivity index (χ3v) is 6.53. The number of hydrogen-bond donors (Lipinski definition) is 2. The molecule has 0 aliphatic carbocycles. The molecule has 2 amide bonds. The number of methoxy groups -OCH3 is 1. The first kappa shape index (κ1) is 31.1. The zero-order chi connectivity index (χ0) is 29.9. The molecule has 218 valence electrons. The number of hydrogen-bond acceptors (Lipinski definition) is 8. The SMILES string of the molecule is CCCN(CCC)C(=O)C1=Cc2c(cc(-c3ccc(C=O)c(/C=N\N(C)CC(=O)NCC)c3)cc2OC)N=C(N)C1. The zero-order valence-corrected chi connectivity index (χ0v) is 24.6. The van der Waals surface area contributed by atoms with Gasteiger partial charge in [-0.25, -0.2) is 4.99 Å². The van der Waals surface area contributed by atoms with Crippen molar-refractivity contribution in [2.75, 3.05) is 40.3 Å². The van der Waals surface area contributed by atoms with Crippen LogP contribution >= 0.6 is 0 Å². The quantitative estimate of drug-likeness (QED) is 0.216. The Morgan fingerprint density at radius 3 is 2.46 bits per heavy atom. The van der Waals surface area contributed by atoms with E-state index >= 15 is 0 Å². The molecule has 0 fully saturated rings. The van der Waals surface area contributed by atoms with Crippen LogP contribution in [-0.2, 0) is 9.59 Å². The number of amides is 2. The highest BCUT2D eigenvalue weighted by molar-refractivity contribution is 6.06. The molecule has 0 aromatic heterocycles. The summed E-state index contributed by atoms with van der Waals surface area (Å²) in [6.07, 6.45) is 6.13. The summed E-state index contributed by atoms with van der Waals surface area (Å²) < 4.78 is 5.75. The van der Waals surface area contributed by atoms with Crippen LogP contribution in [-0.4, -0.2) is 80.4 Å². The Bertz CT molecular complexity index is 1360. The van der Waals surface area contributed by atoms with Crippen molar-refractivity contribution in [2.24, 2.45) is 15.8 Å². The fourth-order valence-electron chi connectivity index (χ4n) is 4.63.